The molecule has 31 heavy (non-hydrogen) atoms. The van der Waals surface area contributed by atoms with Crippen LogP contribution in [0.25, 0.3) is 0 Å². The highest BCUT2D eigenvalue weighted by molar-refractivity contribution is 6.30. The summed E-state index contributed by atoms with van der Waals surface area (Å²) in [4.78, 5) is 36.3. The Balaban J connectivity index is 1.32. The zero-order chi connectivity index (χ0) is 21.4. The number of nitrogens with one attached hydrogen (secondary N) is 1. The number of anilines is 2. The Morgan fingerprint density at radius 3 is 2.58 bits per heavy atom. The van der Waals surface area contributed by atoms with Gasteiger partial charge in [0.15, 0.2) is 5.82 Å². The van der Waals surface area contributed by atoms with Crippen LogP contribution in [-0.4, -0.2) is 65.9 Å². The van der Waals surface area contributed by atoms with E-state index in [1.807, 2.05) is 29.2 Å². The van der Waals surface area contributed by atoms with Crippen molar-refractivity contribution in [2.24, 2.45) is 5.92 Å². The van der Waals surface area contributed by atoms with E-state index in [1.54, 1.807) is 17.2 Å². The van der Waals surface area contributed by atoms with Crippen LogP contribution in [-0.2, 0) is 11.3 Å². The highest BCUT2D eigenvalue weighted by atomic mass is 35.5. The Labute approximate surface area is 187 Å². The van der Waals surface area contributed by atoms with Gasteiger partial charge in [-0.3, -0.25) is 14.5 Å². The van der Waals surface area contributed by atoms with Crippen LogP contribution in [0.2, 0.25) is 5.02 Å². The molecule has 1 aliphatic carbocycles. The molecule has 1 saturated heterocycles. The zero-order valence-corrected chi connectivity index (χ0v) is 18.1. The molecule has 0 spiro atoms. The smallest absolute Gasteiger partial charge is 0.255 e. The Kier molecular flexibility index (Phi) is 5.54. The van der Waals surface area contributed by atoms with Gasteiger partial charge in [-0.25, -0.2) is 4.98 Å². The van der Waals surface area contributed by atoms with Crippen LogP contribution in [0.3, 0.4) is 0 Å². The molecule has 0 bridgehead atoms. The molecule has 3 aliphatic rings. The Hall–Kier alpha value is -2.64. The summed E-state index contributed by atoms with van der Waals surface area (Å²) in [6.45, 7) is 5.05. The van der Waals surface area contributed by atoms with Crippen molar-refractivity contribution in [2.75, 3.05) is 49.5 Å². The molecule has 5 rings (SSSR count). The average molecular weight is 440 g/mol. The summed E-state index contributed by atoms with van der Waals surface area (Å²) in [5.41, 5.74) is 2.13. The summed E-state index contributed by atoms with van der Waals surface area (Å²) < 4.78 is 0. The molecule has 1 saturated carbocycles. The first-order valence-electron chi connectivity index (χ1n) is 10.9. The first kappa shape index (κ1) is 20.3. The molecule has 8 heteroatoms. The minimum absolute atomic E-state index is 0.0224. The SMILES string of the molecule is O=C(c1cnc2c(c1)N(Cc1ccc(Cl)cc1)C(=O)CN2)N1CCN(CC2CC2)CC1. The molecule has 0 atom stereocenters. The second-order valence-corrected chi connectivity index (χ2v) is 9.02. The molecule has 162 valence electrons. The summed E-state index contributed by atoms with van der Waals surface area (Å²) in [7, 11) is 0. The number of rotatable bonds is 5. The fourth-order valence-corrected chi connectivity index (χ4v) is 4.35. The number of carbonyl (C=O) groups excluding carboxylic acids is 2. The second kappa shape index (κ2) is 8.48. The van der Waals surface area contributed by atoms with Crippen LogP contribution in [0, 0.1) is 5.92 Å². The summed E-state index contributed by atoms with van der Waals surface area (Å²) in [6, 6.07) is 9.22. The number of amides is 2. The number of pyridine rings is 1. The lowest BCUT2D eigenvalue weighted by molar-refractivity contribution is -0.117. The monoisotopic (exact) mass is 439 g/mol. The quantitative estimate of drug-likeness (QED) is 0.775. The van der Waals surface area contributed by atoms with E-state index in [0.29, 0.717) is 28.6 Å². The molecule has 2 amide bonds. The average Bonchev–Trinajstić information content (AvgIpc) is 3.61. The number of piperazine rings is 1. The van der Waals surface area contributed by atoms with Crippen LogP contribution in [0.5, 0.6) is 0 Å². The van der Waals surface area contributed by atoms with Crippen molar-refractivity contribution < 1.29 is 9.59 Å². The highest BCUT2D eigenvalue weighted by Gasteiger charge is 2.30. The van der Waals surface area contributed by atoms with Gasteiger partial charge in [0, 0.05) is 43.9 Å². The van der Waals surface area contributed by atoms with E-state index in [1.165, 1.54) is 12.8 Å². The first-order valence-corrected chi connectivity index (χ1v) is 11.2. The Morgan fingerprint density at radius 2 is 1.87 bits per heavy atom. The van der Waals surface area contributed by atoms with Gasteiger partial charge in [0.05, 0.1) is 24.3 Å². The third-order valence-electron chi connectivity index (χ3n) is 6.24. The molecular formula is C23H26ClN5O2. The van der Waals surface area contributed by atoms with E-state index in [-0.39, 0.29) is 18.4 Å². The van der Waals surface area contributed by atoms with Gasteiger partial charge < -0.3 is 15.1 Å². The van der Waals surface area contributed by atoms with Crippen molar-refractivity contribution in [1.29, 1.82) is 0 Å². The van der Waals surface area contributed by atoms with Crippen LogP contribution < -0.4 is 10.2 Å². The van der Waals surface area contributed by atoms with Crippen LogP contribution in [0.4, 0.5) is 11.5 Å². The van der Waals surface area contributed by atoms with Gasteiger partial charge in [0.2, 0.25) is 5.91 Å². The molecule has 1 aromatic heterocycles. The van der Waals surface area contributed by atoms with Gasteiger partial charge in [0.1, 0.15) is 0 Å². The maximum absolute atomic E-state index is 13.1. The lowest BCUT2D eigenvalue weighted by Gasteiger charge is -2.35. The largest absolute Gasteiger partial charge is 0.359 e. The minimum atomic E-state index is -0.0532. The molecule has 1 aromatic carbocycles. The number of hydrogen-bond donors (Lipinski definition) is 1. The number of halogens is 1. The van der Waals surface area contributed by atoms with E-state index in [9.17, 15) is 9.59 Å². The van der Waals surface area contributed by atoms with Gasteiger partial charge in [0.25, 0.3) is 5.91 Å². The summed E-state index contributed by atoms with van der Waals surface area (Å²) in [5.74, 6) is 1.41. The van der Waals surface area contributed by atoms with Crippen LogP contribution >= 0.6 is 11.6 Å². The molecule has 2 aliphatic heterocycles. The van der Waals surface area contributed by atoms with E-state index < -0.39 is 0 Å². The molecule has 7 nitrogen and oxygen atoms in total. The molecule has 1 N–H and O–H groups in total. The van der Waals surface area contributed by atoms with Crippen LogP contribution in [0.15, 0.2) is 36.5 Å². The minimum Gasteiger partial charge on any atom is -0.359 e. The standard InChI is InChI=1S/C23H26ClN5O2/c24-19-5-3-17(4-6-19)15-29-20-11-18(12-25-22(20)26-13-21(29)30)23(31)28-9-7-27(8-10-28)14-16-1-2-16/h3-6,11-12,16H,1-2,7-10,13-15H2,(H,25,26). The Bertz CT molecular complexity index is 984. The second-order valence-electron chi connectivity index (χ2n) is 8.59. The summed E-state index contributed by atoms with van der Waals surface area (Å²) in [5, 5.41) is 3.71. The number of nitrogens with zero attached hydrogens (tertiary/aromatic N) is 4. The third kappa shape index (κ3) is 4.52. The molecule has 3 heterocycles. The highest BCUT2D eigenvalue weighted by Crippen LogP contribution is 2.31. The van der Waals surface area contributed by atoms with Crippen molar-refractivity contribution in [3.63, 3.8) is 0 Å². The van der Waals surface area contributed by atoms with E-state index in [2.05, 4.69) is 15.2 Å². The lowest BCUT2D eigenvalue weighted by atomic mass is 10.1. The molecule has 2 fully saturated rings. The lowest BCUT2D eigenvalue weighted by Crippen LogP contribution is -2.49. The number of fused-ring (bicyclic) bond motifs is 1. The fourth-order valence-electron chi connectivity index (χ4n) is 4.23. The molecule has 0 unspecified atom stereocenters. The molecule has 2 aromatic rings. The van der Waals surface area contributed by atoms with Gasteiger partial charge >= 0.3 is 0 Å². The number of carbonyl (C=O) groups is 2. The van der Waals surface area contributed by atoms with Gasteiger partial charge in [-0.15, -0.1) is 0 Å². The van der Waals surface area contributed by atoms with E-state index in [4.69, 9.17) is 11.6 Å². The topological polar surface area (TPSA) is 68.8 Å². The molecule has 0 radical (unpaired) electrons. The fraction of sp³-hybridized carbons (Fsp3) is 0.435. The maximum Gasteiger partial charge on any atom is 0.255 e. The third-order valence-corrected chi connectivity index (χ3v) is 6.49. The van der Waals surface area contributed by atoms with Gasteiger partial charge in [-0.2, -0.15) is 0 Å². The molecular weight excluding hydrogens is 414 g/mol. The maximum atomic E-state index is 13.1. The Morgan fingerprint density at radius 1 is 1.13 bits per heavy atom. The number of hydrogen-bond acceptors (Lipinski definition) is 5. The van der Waals surface area contributed by atoms with Crippen molar-refractivity contribution in [2.45, 2.75) is 19.4 Å². The normalized spacial score (nSPS) is 19.2. The van der Waals surface area contributed by atoms with Crippen molar-refractivity contribution in [3.8, 4) is 0 Å². The van der Waals surface area contributed by atoms with Crippen molar-refractivity contribution in [3.05, 3.63) is 52.7 Å². The summed E-state index contributed by atoms with van der Waals surface area (Å²) in [6.07, 6.45) is 4.30. The van der Waals surface area contributed by atoms with Crippen molar-refractivity contribution >= 4 is 34.9 Å². The van der Waals surface area contributed by atoms with E-state index in [0.717, 1.165) is 44.2 Å². The van der Waals surface area contributed by atoms with Crippen LogP contribution in [0.1, 0.15) is 28.8 Å². The predicted molar refractivity (Wildman–Crippen MR) is 120 cm³/mol. The van der Waals surface area contributed by atoms with E-state index >= 15 is 0 Å². The first-order chi connectivity index (χ1) is 15.1. The van der Waals surface area contributed by atoms with Gasteiger partial charge in [-0.05, 0) is 42.5 Å². The number of benzene rings is 1. The zero-order valence-electron chi connectivity index (χ0n) is 17.4. The predicted octanol–water partition coefficient (Wildman–Crippen LogP) is 2.86. The van der Waals surface area contributed by atoms with Gasteiger partial charge in [-0.1, -0.05) is 23.7 Å². The van der Waals surface area contributed by atoms with Crippen molar-refractivity contribution in [1.82, 2.24) is 14.8 Å². The number of aromatic nitrogens is 1. The summed E-state index contributed by atoms with van der Waals surface area (Å²) >= 11 is 5.98.